The minimum absolute atomic E-state index is 0.0889. The van der Waals surface area contributed by atoms with Gasteiger partial charge in [0.1, 0.15) is 5.60 Å². The van der Waals surface area contributed by atoms with Gasteiger partial charge in [-0.1, -0.05) is 12.2 Å². The van der Waals surface area contributed by atoms with E-state index in [1.807, 2.05) is 0 Å². The Kier molecular flexibility index (Phi) is 3.80. The lowest BCUT2D eigenvalue weighted by Gasteiger charge is -2.23. The van der Waals surface area contributed by atoms with Crippen LogP contribution in [0.1, 0.15) is 6.92 Å². The number of carbonyl (C=O) groups excluding carboxylic acids is 2. The van der Waals surface area contributed by atoms with Crippen molar-refractivity contribution in [2.45, 2.75) is 18.8 Å². The van der Waals surface area contributed by atoms with Gasteiger partial charge in [-0.25, -0.2) is 0 Å². The first-order valence-corrected chi connectivity index (χ1v) is 5.97. The Morgan fingerprint density at radius 2 is 2.37 bits per heavy atom. The third-order valence-electron chi connectivity index (χ3n) is 3.32. The van der Waals surface area contributed by atoms with Crippen molar-refractivity contribution in [3.05, 3.63) is 36.0 Å². The number of carbonyl (C=O) groups is 2. The average Bonchev–Trinajstić information content (AvgIpc) is 2.86. The number of rotatable bonds is 4. The van der Waals surface area contributed by atoms with Gasteiger partial charge in [0.25, 0.3) is 0 Å². The molecular weight excluding hydrogens is 248 g/mol. The maximum Gasteiger partial charge on any atom is 0.181 e. The van der Waals surface area contributed by atoms with Crippen molar-refractivity contribution >= 4 is 11.6 Å². The number of ketones is 2. The molecule has 1 saturated heterocycles. The lowest BCUT2D eigenvalue weighted by molar-refractivity contribution is -0.147. The Hall–Kier alpha value is -1.56. The number of methoxy groups -OCH3 is 1. The van der Waals surface area contributed by atoms with Gasteiger partial charge < -0.3 is 14.6 Å². The van der Waals surface area contributed by atoms with Gasteiger partial charge >= 0.3 is 0 Å². The van der Waals surface area contributed by atoms with E-state index in [2.05, 4.69) is 0 Å². The van der Waals surface area contributed by atoms with Crippen LogP contribution < -0.4 is 0 Å². The highest BCUT2D eigenvalue weighted by molar-refractivity contribution is 5.99. The van der Waals surface area contributed by atoms with Crippen LogP contribution in [0, 0.1) is 5.92 Å². The highest BCUT2D eigenvalue weighted by atomic mass is 16.7. The lowest BCUT2D eigenvalue weighted by Crippen LogP contribution is -2.37. The van der Waals surface area contributed by atoms with E-state index in [1.165, 1.54) is 26.2 Å². The molecule has 0 aromatic carbocycles. The quantitative estimate of drug-likeness (QED) is 0.751. The fraction of sp³-hybridized carbons (Fsp3) is 0.429. The zero-order chi connectivity index (χ0) is 14.0. The zero-order valence-corrected chi connectivity index (χ0v) is 10.8. The minimum Gasteiger partial charge on any atom is -0.393 e. The molecular formula is C14H16O5. The second-order valence-corrected chi connectivity index (χ2v) is 4.60. The Bertz CT molecular complexity index is 488. The van der Waals surface area contributed by atoms with Gasteiger partial charge in [0.05, 0.1) is 12.5 Å². The Labute approximate surface area is 111 Å². The van der Waals surface area contributed by atoms with Crippen LogP contribution in [-0.4, -0.2) is 42.3 Å². The van der Waals surface area contributed by atoms with Gasteiger partial charge in [-0.05, 0) is 30.7 Å². The second-order valence-electron chi connectivity index (χ2n) is 4.60. The van der Waals surface area contributed by atoms with E-state index < -0.39 is 17.8 Å². The van der Waals surface area contributed by atoms with E-state index in [4.69, 9.17) is 9.47 Å². The van der Waals surface area contributed by atoms with Gasteiger partial charge in [-0.3, -0.25) is 9.59 Å². The number of hydrogen-bond acceptors (Lipinski definition) is 5. The number of fused-ring (bicyclic) bond motifs is 1. The highest BCUT2D eigenvalue weighted by Crippen LogP contribution is 2.45. The normalized spacial score (nSPS) is 35.5. The van der Waals surface area contributed by atoms with Gasteiger partial charge in [0.15, 0.2) is 17.9 Å². The van der Waals surface area contributed by atoms with Gasteiger partial charge in [0.2, 0.25) is 0 Å². The van der Waals surface area contributed by atoms with E-state index in [0.29, 0.717) is 5.57 Å². The summed E-state index contributed by atoms with van der Waals surface area (Å²) in [5, 5.41) is 9.51. The third kappa shape index (κ3) is 2.32. The van der Waals surface area contributed by atoms with Crippen LogP contribution in [0.15, 0.2) is 36.0 Å². The van der Waals surface area contributed by atoms with Crippen LogP contribution in [0.2, 0.25) is 0 Å². The Balaban J connectivity index is 2.36. The zero-order valence-electron chi connectivity index (χ0n) is 10.8. The Morgan fingerprint density at radius 3 is 2.95 bits per heavy atom. The van der Waals surface area contributed by atoms with Gasteiger partial charge in [0, 0.05) is 7.11 Å². The molecule has 1 unspecified atom stereocenters. The molecule has 1 aliphatic heterocycles. The first kappa shape index (κ1) is 13.9. The molecule has 3 atom stereocenters. The molecule has 5 nitrogen and oxygen atoms in total. The minimum atomic E-state index is -1.03. The first-order valence-electron chi connectivity index (χ1n) is 5.97. The number of hydrogen-bond donors (Lipinski definition) is 1. The molecule has 0 spiro atoms. The van der Waals surface area contributed by atoms with Crippen LogP contribution >= 0.6 is 0 Å². The monoisotopic (exact) mass is 264 g/mol. The third-order valence-corrected chi connectivity index (χ3v) is 3.32. The predicted octanol–water partition coefficient (Wildman–Crippen LogP) is 0.547. The van der Waals surface area contributed by atoms with Crippen molar-refractivity contribution in [3.63, 3.8) is 0 Å². The van der Waals surface area contributed by atoms with Crippen LogP contribution in [0.5, 0.6) is 0 Å². The molecule has 19 heavy (non-hydrogen) atoms. The highest BCUT2D eigenvalue weighted by Gasteiger charge is 2.55. The summed E-state index contributed by atoms with van der Waals surface area (Å²) >= 11 is 0. The molecule has 1 aliphatic carbocycles. The van der Waals surface area contributed by atoms with E-state index in [1.54, 1.807) is 18.2 Å². The smallest absolute Gasteiger partial charge is 0.181 e. The second kappa shape index (κ2) is 5.21. The van der Waals surface area contributed by atoms with Gasteiger partial charge in [-0.15, -0.1) is 0 Å². The molecule has 102 valence electrons. The standard InChI is InChI=1S/C14H16O5/c1-9(16)4-3-5-10-12-11(17)6-7-14(12,8-15)19-13(10)18-2/h3-7,12-13,15H,8H2,1-2H3/b4-3+,10-5+/t12-,13?,14-/m0/s1. The van der Waals surface area contributed by atoms with Crippen molar-refractivity contribution in [3.8, 4) is 0 Å². The van der Waals surface area contributed by atoms with Gasteiger partial charge in [-0.2, -0.15) is 0 Å². The fourth-order valence-corrected chi connectivity index (χ4v) is 2.45. The molecule has 2 rings (SSSR count). The van der Waals surface area contributed by atoms with Crippen molar-refractivity contribution < 1.29 is 24.2 Å². The Morgan fingerprint density at radius 1 is 1.63 bits per heavy atom. The summed E-state index contributed by atoms with van der Waals surface area (Å²) in [5.41, 5.74) is -0.419. The summed E-state index contributed by atoms with van der Waals surface area (Å²) in [6.45, 7) is 1.14. The summed E-state index contributed by atoms with van der Waals surface area (Å²) in [4.78, 5) is 22.8. The van der Waals surface area contributed by atoms with Crippen LogP contribution in [0.25, 0.3) is 0 Å². The molecule has 1 N–H and O–H groups in total. The van der Waals surface area contributed by atoms with Crippen LogP contribution in [0.3, 0.4) is 0 Å². The van der Waals surface area contributed by atoms with E-state index >= 15 is 0 Å². The molecule has 0 bridgehead atoms. The summed E-state index contributed by atoms with van der Waals surface area (Å²) in [6, 6.07) is 0. The maximum absolute atomic E-state index is 11.9. The summed E-state index contributed by atoms with van der Waals surface area (Å²) in [7, 11) is 1.47. The number of aliphatic hydroxyl groups is 1. The summed E-state index contributed by atoms with van der Waals surface area (Å²) < 4.78 is 10.8. The first-order chi connectivity index (χ1) is 9.04. The number of aliphatic hydroxyl groups excluding tert-OH is 1. The van der Waals surface area contributed by atoms with Crippen molar-refractivity contribution in [1.29, 1.82) is 0 Å². The lowest BCUT2D eigenvalue weighted by atomic mass is 9.86. The molecule has 1 heterocycles. The van der Waals surface area contributed by atoms with E-state index in [9.17, 15) is 14.7 Å². The van der Waals surface area contributed by atoms with Crippen molar-refractivity contribution in [2.75, 3.05) is 13.7 Å². The molecule has 1 fully saturated rings. The molecule has 2 aliphatic rings. The predicted molar refractivity (Wildman–Crippen MR) is 67.2 cm³/mol. The molecule has 0 radical (unpaired) electrons. The number of ether oxygens (including phenoxy) is 2. The molecule has 0 saturated carbocycles. The van der Waals surface area contributed by atoms with Crippen molar-refractivity contribution in [1.82, 2.24) is 0 Å². The topological polar surface area (TPSA) is 72.8 Å². The fourth-order valence-electron chi connectivity index (χ4n) is 2.45. The number of allylic oxidation sites excluding steroid dienone is 4. The summed E-state index contributed by atoms with van der Waals surface area (Å²) in [6.07, 6.45) is 6.89. The summed E-state index contributed by atoms with van der Waals surface area (Å²) in [5.74, 6) is -0.802. The molecule has 5 heteroatoms. The molecule has 0 amide bonds. The van der Waals surface area contributed by atoms with Crippen molar-refractivity contribution in [2.24, 2.45) is 5.92 Å². The SMILES string of the molecule is COC1O[C@]2(CO)C=CC(=O)[C@@H]2/C1=C\C=C\C(C)=O. The molecule has 0 aromatic heterocycles. The van der Waals surface area contributed by atoms with E-state index in [0.717, 1.165) is 0 Å². The maximum atomic E-state index is 11.9. The van der Waals surface area contributed by atoms with Crippen LogP contribution in [0.4, 0.5) is 0 Å². The molecule has 0 aromatic rings. The van der Waals surface area contributed by atoms with Crippen LogP contribution in [-0.2, 0) is 19.1 Å². The largest absolute Gasteiger partial charge is 0.393 e. The average molecular weight is 264 g/mol. The van der Waals surface area contributed by atoms with E-state index in [-0.39, 0.29) is 18.2 Å².